The van der Waals surface area contributed by atoms with E-state index in [1.807, 2.05) is 19.1 Å². The molecule has 4 nitrogen and oxygen atoms in total. The molecule has 144 valence electrons. The third kappa shape index (κ3) is 2.40. The van der Waals surface area contributed by atoms with Gasteiger partial charge in [0, 0.05) is 16.5 Å². The average Bonchev–Trinajstić information content (AvgIpc) is 3.32. The number of nitrogens with zero attached hydrogens (tertiary/aromatic N) is 3. The predicted molar refractivity (Wildman–Crippen MR) is 121 cm³/mol. The molecule has 3 heterocycles. The monoisotopic (exact) mass is 389 g/mol. The molecule has 3 aromatic carbocycles. The molecule has 0 atom stereocenters. The number of hydrogen-bond acceptors (Lipinski definition) is 3. The molecular weight excluding hydrogens is 370 g/mol. The molecule has 0 saturated heterocycles. The summed E-state index contributed by atoms with van der Waals surface area (Å²) < 4.78 is 8.50. The van der Waals surface area contributed by atoms with Crippen molar-refractivity contribution in [3.63, 3.8) is 0 Å². The van der Waals surface area contributed by atoms with Crippen molar-refractivity contribution in [2.45, 2.75) is 13.8 Å². The Labute approximate surface area is 173 Å². The predicted octanol–water partition coefficient (Wildman–Crippen LogP) is 6.60. The van der Waals surface area contributed by atoms with Crippen LogP contribution in [0.4, 0.5) is 0 Å². The molecule has 0 aliphatic carbocycles. The number of benzene rings is 3. The number of pyridine rings is 1. The van der Waals surface area contributed by atoms with Crippen LogP contribution in [0.15, 0.2) is 83.3 Å². The number of hydrogen-bond donors (Lipinski definition) is 0. The van der Waals surface area contributed by atoms with Crippen molar-refractivity contribution in [2.75, 3.05) is 0 Å². The molecule has 6 aromatic rings. The Balaban J connectivity index is 1.74. The third-order valence-electron chi connectivity index (χ3n) is 5.66. The highest BCUT2D eigenvalue weighted by Crippen LogP contribution is 2.37. The maximum absolute atomic E-state index is 6.27. The van der Waals surface area contributed by atoms with Crippen molar-refractivity contribution in [1.29, 1.82) is 0 Å². The highest BCUT2D eigenvalue weighted by Gasteiger charge is 2.20. The van der Waals surface area contributed by atoms with E-state index in [-0.39, 0.29) is 0 Å². The van der Waals surface area contributed by atoms with Crippen molar-refractivity contribution >= 4 is 33.1 Å². The zero-order valence-corrected chi connectivity index (χ0v) is 16.8. The molecular formula is C26H19N3O. The van der Waals surface area contributed by atoms with Gasteiger partial charge >= 0.3 is 0 Å². The topological polar surface area (TPSA) is 43.9 Å². The van der Waals surface area contributed by atoms with Gasteiger partial charge in [-0.1, -0.05) is 42.5 Å². The summed E-state index contributed by atoms with van der Waals surface area (Å²) >= 11 is 0. The largest absolute Gasteiger partial charge is 0.437 e. The fraction of sp³-hybridized carbons (Fsp3) is 0.0769. The maximum Gasteiger partial charge on any atom is 0.227 e. The zero-order chi connectivity index (χ0) is 20.2. The minimum absolute atomic E-state index is 0.663. The van der Waals surface area contributed by atoms with Gasteiger partial charge in [0.1, 0.15) is 11.4 Å². The van der Waals surface area contributed by atoms with Gasteiger partial charge in [-0.25, -0.2) is 9.97 Å². The molecule has 0 spiro atoms. The molecule has 0 unspecified atom stereocenters. The molecule has 0 saturated carbocycles. The second-order valence-electron chi connectivity index (χ2n) is 7.64. The summed E-state index contributed by atoms with van der Waals surface area (Å²) in [5.41, 5.74) is 7.71. The number of aromatic nitrogens is 3. The second kappa shape index (κ2) is 6.29. The second-order valence-corrected chi connectivity index (χ2v) is 7.64. The number of fused-ring (bicyclic) bond motifs is 4. The molecule has 6 rings (SSSR count). The van der Waals surface area contributed by atoms with Crippen LogP contribution in [0.25, 0.3) is 50.2 Å². The van der Waals surface area contributed by atoms with Crippen molar-refractivity contribution in [2.24, 2.45) is 0 Å². The van der Waals surface area contributed by atoms with E-state index in [2.05, 4.69) is 83.2 Å². The molecule has 0 amide bonds. The lowest BCUT2D eigenvalue weighted by molar-refractivity contribution is 0.653. The molecule has 0 bridgehead atoms. The van der Waals surface area contributed by atoms with Gasteiger partial charge in [-0.3, -0.25) is 4.57 Å². The lowest BCUT2D eigenvalue weighted by atomic mass is 10.1. The summed E-state index contributed by atoms with van der Waals surface area (Å²) in [6.07, 6.45) is 0. The first-order valence-electron chi connectivity index (χ1n) is 10.0. The lowest BCUT2D eigenvalue weighted by Gasteiger charge is -2.12. The van der Waals surface area contributed by atoms with Crippen LogP contribution in [-0.2, 0) is 0 Å². The normalized spacial score (nSPS) is 11.7. The van der Waals surface area contributed by atoms with E-state index in [1.165, 1.54) is 5.56 Å². The van der Waals surface area contributed by atoms with E-state index < -0.39 is 0 Å². The Morgan fingerprint density at radius 1 is 0.733 bits per heavy atom. The lowest BCUT2D eigenvalue weighted by Crippen LogP contribution is -2.00. The van der Waals surface area contributed by atoms with E-state index in [0.717, 1.165) is 50.2 Å². The van der Waals surface area contributed by atoms with E-state index in [0.29, 0.717) is 5.71 Å². The molecule has 0 fully saturated rings. The van der Waals surface area contributed by atoms with Crippen LogP contribution in [-0.4, -0.2) is 14.5 Å². The number of furan rings is 1. The van der Waals surface area contributed by atoms with Gasteiger partial charge in [-0.15, -0.1) is 0 Å². The van der Waals surface area contributed by atoms with Crippen molar-refractivity contribution < 1.29 is 4.42 Å². The van der Waals surface area contributed by atoms with Crippen molar-refractivity contribution in [3.05, 3.63) is 90.1 Å². The van der Waals surface area contributed by atoms with Gasteiger partial charge in [-0.2, -0.15) is 0 Å². The SMILES string of the molecule is Cc1ccc2c(n1)oc1c(-c3nc4ccccc4n3-c3ccccc3C)cccc12. The van der Waals surface area contributed by atoms with E-state index in [4.69, 9.17) is 9.40 Å². The fourth-order valence-electron chi connectivity index (χ4n) is 4.21. The highest BCUT2D eigenvalue weighted by molar-refractivity contribution is 6.08. The Kier molecular flexibility index (Phi) is 3.56. The minimum Gasteiger partial charge on any atom is -0.437 e. The van der Waals surface area contributed by atoms with Gasteiger partial charge in [0.2, 0.25) is 5.71 Å². The number of imidazole rings is 1. The van der Waals surface area contributed by atoms with Gasteiger partial charge < -0.3 is 4.42 Å². The first kappa shape index (κ1) is 17.0. The summed E-state index contributed by atoms with van der Waals surface area (Å²) in [6.45, 7) is 4.10. The minimum atomic E-state index is 0.663. The maximum atomic E-state index is 6.27. The summed E-state index contributed by atoms with van der Waals surface area (Å²) in [6, 6.07) is 27.0. The number of para-hydroxylation sites is 4. The quantitative estimate of drug-likeness (QED) is 0.335. The van der Waals surface area contributed by atoms with Gasteiger partial charge in [0.25, 0.3) is 0 Å². The molecule has 4 heteroatoms. The smallest absolute Gasteiger partial charge is 0.227 e. The molecule has 0 aliphatic rings. The molecule has 3 aromatic heterocycles. The Morgan fingerprint density at radius 2 is 1.57 bits per heavy atom. The molecule has 0 radical (unpaired) electrons. The zero-order valence-electron chi connectivity index (χ0n) is 16.8. The van der Waals surface area contributed by atoms with Crippen LogP contribution in [0.3, 0.4) is 0 Å². The van der Waals surface area contributed by atoms with Gasteiger partial charge in [0.05, 0.1) is 22.3 Å². The number of rotatable bonds is 2. The fourth-order valence-corrected chi connectivity index (χ4v) is 4.21. The number of aryl methyl sites for hydroxylation is 2. The van der Waals surface area contributed by atoms with Crippen molar-refractivity contribution in [1.82, 2.24) is 14.5 Å². The van der Waals surface area contributed by atoms with Crippen molar-refractivity contribution in [3.8, 4) is 17.1 Å². The molecule has 0 N–H and O–H groups in total. The summed E-state index contributed by atoms with van der Waals surface area (Å²) in [7, 11) is 0. The van der Waals surface area contributed by atoms with Gasteiger partial charge in [-0.05, 0) is 55.8 Å². The molecule has 30 heavy (non-hydrogen) atoms. The molecule has 0 aliphatic heterocycles. The third-order valence-corrected chi connectivity index (χ3v) is 5.66. The van der Waals surface area contributed by atoms with Crippen LogP contribution in [0, 0.1) is 13.8 Å². The summed E-state index contributed by atoms with van der Waals surface area (Å²) in [4.78, 5) is 9.61. The van der Waals surface area contributed by atoms with E-state index in [1.54, 1.807) is 0 Å². The Hall–Kier alpha value is -3.92. The summed E-state index contributed by atoms with van der Waals surface area (Å²) in [5, 5.41) is 2.08. The standard InChI is InChI=1S/C26H19N3O/c1-16-8-3-5-12-22(16)29-23-13-6-4-11-21(23)28-25(29)20-10-7-9-18-19-15-14-17(2)27-26(19)30-24(18)20/h3-15H,1-2H3. The highest BCUT2D eigenvalue weighted by atomic mass is 16.3. The summed E-state index contributed by atoms with van der Waals surface area (Å²) in [5.74, 6) is 0.867. The Bertz CT molecular complexity index is 1570. The van der Waals surface area contributed by atoms with E-state index >= 15 is 0 Å². The average molecular weight is 389 g/mol. The van der Waals surface area contributed by atoms with Gasteiger partial charge in [0.15, 0.2) is 0 Å². The Morgan fingerprint density at radius 3 is 2.47 bits per heavy atom. The van der Waals surface area contributed by atoms with Crippen LogP contribution in [0.2, 0.25) is 0 Å². The first-order chi connectivity index (χ1) is 14.7. The van der Waals surface area contributed by atoms with Crippen LogP contribution in [0.1, 0.15) is 11.3 Å². The van der Waals surface area contributed by atoms with Crippen LogP contribution < -0.4 is 0 Å². The van der Waals surface area contributed by atoms with Crippen LogP contribution in [0.5, 0.6) is 0 Å². The van der Waals surface area contributed by atoms with E-state index in [9.17, 15) is 0 Å². The van der Waals surface area contributed by atoms with Crippen LogP contribution >= 0.6 is 0 Å². The first-order valence-corrected chi connectivity index (χ1v) is 10.0.